The van der Waals surface area contributed by atoms with Crippen LogP contribution >= 0.6 is 0 Å². The lowest BCUT2D eigenvalue weighted by molar-refractivity contribution is -0.132. The summed E-state index contributed by atoms with van der Waals surface area (Å²) in [6.45, 7) is 13.9. The lowest BCUT2D eigenvalue weighted by atomic mass is 10.1. The van der Waals surface area contributed by atoms with E-state index in [2.05, 4.69) is 49.3 Å². The standard InChI is InChI=1S/C25H35N3O2/c1-19-17-22(20(2)28(19)25(3,4)5)23(29)18-26-13-15-27(16-14-26)24(30)12-11-21-9-7-6-8-10-21/h6-10,17H,11-16,18H2,1-5H3. The lowest BCUT2D eigenvalue weighted by Crippen LogP contribution is -2.50. The summed E-state index contributed by atoms with van der Waals surface area (Å²) >= 11 is 0. The van der Waals surface area contributed by atoms with E-state index in [0.29, 0.717) is 26.1 Å². The van der Waals surface area contributed by atoms with Crippen LogP contribution in [0.4, 0.5) is 0 Å². The molecule has 162 valence electrons. The quantitative estimate of drug-likeness (QED) is 0.682. The van der Waals surface area contributed by atoms with Gasteiger partial charge in [-0.3, -0.25) is 14.5 Å². The average Bonchev–Trinajstić information content (AvgIpc) is 3.02. The van der Waals surface area contributed by atoms with Gasteiger partial charge in [-0.2, -0.15) is 0 Å². The van der Waals surface area contributed by atoms with Gasteiger partial charge in [-0.1, -0.05) is 30.3 Å². The van der Waals surface area contributed by atoms with Gasteiger partial charge in [-0.05, 0) is 52.7 Å². The van der Waals surface area contributed by atoms with Crippen molar-refractivity contribution in [1.82, 2.24) is 14.4 Å². The van der Waals surface area contributed by atoms with E-state index >= 15 is 0 Å². The zero-order valence-corrected chi connectivity index (χ0v) is 19.1. The van der Waals surface area contributed by atoms with E-state index in [0.717, 1.165) is 36.5 Å². The van der Waals surface area contributed by atoms with Crippen molar-refractivity contribution in [2.75, 3.05) is 32.7 Å². The Morgan fingerprint density at radius 2 is 1.60 bits per heavy atom. The molecule has 0 bridgehead atoms. The second-order valence-electron chi connectivity index (χ2n) is 9.36. The van der Waals surface area contributed by atoms with Crippen molar-refractivity contribution in [3.05, 3.63) is 58.9 Å². The van der Waals surface area contributed by atoms with Crippen LogP contribution in [0.2, 0.25) is 0 Å². The van der Waals surface area contributed by atoms with Crippen molar-refractivity contribution in [3.8, 4) is 0 Å². The van der Waals surface area contributed by atoms with Gasteiger partial charge in [-0.15, -0.1) is 0 Å². The molecule has 5 heteroatoms. The molecule has 0 unspecified atom stereocenters. The van der Waals surface area contributed by atoms with E-state index in [-0.39, 0.29) is 17.2 Å². The molecule has 1 aromatic heterocycles. The molecule has 0 spiro atoms. The Hall–Kier alpha value is -2.40. The topological polar surface area (TPSA) is 45.6 Å². The average molecular weight is 410 g/mol. The molecule has 0 saturated carbocycles. The molecule has 5 nitrogen and oxygen atoms in total. The normalized spacial score (nSPS) is 15.4. The lowest BCUT2D eigenvalue weighted by Gasteiger charge is -2.34. The van der Waals surface area contributed by atoms with Crippen LogP contribution in [0.1, 0.15) is 54.5 Å². The Morgan fingerprint density at radius 3 is 2.17 bits per heavy atom. The zero-order valence-electron chi connectivity index (χ0n) is 19.1. The number of hydrogen-bond acceptors (Lipinski definition) is 3. The second-order valence-corrected chi connectivity index (χ2v) is 9.36. The van der Waals surface area contributed by atoms with E-state index in [1.165, 1.54) is 5.56 Å². The number of carbonyl (C=O) groups is 2. The Balaban J connectivity index is 1.51. The molecule has 1 aliphatic heterocycles. The number of amides is 1. The van der Waals surface area contributed by atoms with Gasteiger partial charge < -0.3 is 9.47 Å². The van der Waals surface area contributed by atoms with Crippen LogP contribution in [0, 0.1) is 13.8 Å². The summed E-state index contributed by atoms with van der Waals surface area (Å²) in [5, 5.41) is 0. The molecule has 2 aromatic rings. The highest BCUT2D eigenvalue weighted by atomic mass is 16.2. The van der Waals surface area contributed by atoms with Crippen molar-refractivity contribution in [3.63, 3.8) is 0 Å². The number of piperazine rings is 1. The Morgan fingerprint density at radius 1 is 0.967 bits per heavy atom. The summed E-state index contributed by atoms with van der Waals surface area (Å²) in [6, 6.07) is 12.2. The first kappa shape index (κ1) is 22.3. The van der Waals surface area contributed by atoms with Crippen LogP contribution in [0.25, 0.3) is 0 Å². The van der Waals surface area contributed by atoms with Gasteiger partial charge in [0.1, 0.15) is 0 Å². The molecule has 1 amide bonds. The number of carbonyl (C=O) groups excluding carboxylic acids is 2. The Bertz CT molecular complexity index is 885. The number of benzene rings is 1. The first-order valence-electron chi connectivity index (χ1n) is 10.9. The molecule has 0 radical (unpaired) electrons. The highest BCUT2D eigenvalue weighted by Gasteiger charge is 2.26. The number of ketones is 1. The smallest absolute Gasteiger partial charge is 0.222 e. The van der Waals surface area contributed by atoms with Crippen molar-refractivity contribution >= 4 is 11.7 Å². The van der Waals surface area contributed by atoms with Crippen LogP contribution in [-0.4, -0.2) is 58.8 Å². The summed E-state index contributed by atoms with van der Waals surface area (Å²) in [5.74, 6) is 0.376. The molecule has 1 saturated heterocycles. The van der Waals surface area contributed by atoms with Gasteiger partial charge in [0.2, 0.25) is 5.91 Å². The first-order valence-corrected chi connectivity index (χ1v) is 10.9. The van der Waals surface area contributed by atoms with Gasteiger partial charge in [0, 0.05) is 55.1 Å². The maximum absolute atomic E-state index is 13.0. The molecule has 2 heterocycles. The molecular weight excluding hydrogens is 374 g/mol. The van der Waals surface area contributed by atoms with E-state index in [9.17, 15) is 9.59 Å². The van der Waals surface area contributed by atoms with Crippen LogP contribution in [0.3, 0.4) is 0 Å². The van der Waals surface area contributed by atoms with E-state index < -0.39 is 0 Å². The van der Waals surface area contributed by atoms with E-state index in [1.54, 1.807) is 0 Å². The van der Waals surface area contributed by atoms with Crippen molar-refractivity contribution in [2.24, 2.45) is 0 Å². The Kier molecular flexibility index (Phi) is 6.81. The minimum atomic E-state index is -0.0432. The highest BCUT2D eigenvalue weighted by Crippen LogP contribution is 2.25. The summed E-state index contributed by atoms with van der Waals surface area (Å²) < 4.78 is 2.24. The van der Waals surface area contributed by atoms with Crippen molar-refractivity contribution in [1.29, 1.82) is 0 Å². The third-order valence-corrected chi connectivity index (χ3v) is 5.96. The summed E-state index contributed by atoms with van der Waals surface area (Å²) in [7, 11) is 0. The Labute approximate surface area is 180 Å². The molecule has 0 atom stereocenters. The number of Topliss-reactive ketones (excluding diaryl/α,β-unsaturated/α-hetero) is 1. The van der Waals surface area contributed by atoms with Crippen LogP contribution in [0.15, 0.2) is 36.4 Å². The van der Waals surface area contributed by atoms with Gasteiger partial charge >= 0.3 is 0 Å². The minimum Gasteiger partial charge on any atom is -0.343 e. The molecule has 1 aliphatic rings. The monoisotopic (exact) mass is 409 g/mol. The molecular formula is C25H35N3O2. The predicted octanol–water partition coefficient (Wildman–Crippen LogP) is 3.82. The number of aromatic nitrogens is 1. The molecule has 30 heavy (non-hydrogen) atoms. The highest BCUT2D eigenvalue weighted by molar-refractivity contribution is 5.99. The number of aryl methyl sites for hydroxylation is 2. The maximum atomic E-state index is 13.0. The fourth-order valence-corrected chi connectivity index (χ4v) is 4.58. The number of nitrogens with zero attached hydrogens (tertiary/aromatic N) is 3. The molecule has 0 aliphatic carbocycles. The number of rotatable bonds is 6. The fraction of sp³-hybridized carbons (Fsp3) is 0.520. The molecule has 0 N–H and O–H groups in total. The van der Waals surface area contributed by atoms with Crippen LogP contribution < -0.4 is 0 Å². The molecule has 1 fully saturated rings. The third-order valence-electron chi connectivity index (χ3n) is 5.96. The summed E-state index contributed by atoms with van der Waals surface area (Å²) in [4.78, 5) is 29.6. The zero-order chi connectivity index (χ0) is 21.9. The van der Waals surface area contributed by atoms with Crippen molar-refractivity contribution in [2.45, 2.75) is 53.0 Å². The van der Waals surface area contributed by atoms with Crippen LogP contribution in [-0.2, 0) is 16.8 Å². The third kappa shape index (κ3) is 5.20. The van der Waals surface area contributed by atoms with E-state index in [4.69, 9.17) is 0 Å². The maximum Gasteiger partial charge on any atom is 0.222 e. The summed E-state index contributed by atoms with van der Waals surface area (Å²) in [6.07, 6.45) is 1.32. The van der Waals surface area contributed by atoms with Gasteiger partial charge in [0.25, 0.3) is 0 Å². The predicted molar refractivity (Wildman–Crippen MR) is 121 cm³/mol. The molecule has 1 aromatic carbocycles. The van der Waals surface area contributed by atoms with Gasteiger partial charge in [-0.25, -0.2) is 0 Å². The second kappa shape index (κ2) is 9.17. The molecule has 3 rings (SSSR count). The van der Waals surface area contributed by atoms with Gasteiger partial charge in [0.05, 0.1) is 6.54 Å². The number of hydrogen-bond donors (Lipinski definition) is 0. The van der Waals surface area contributed by atoms with Crippen molar-refractivity contribution < 1.29 is 9.59 Å². The van der Waals surface area contributed by atoms with E-state index in [1.807, 2.05) is 36.1 Å². The first-order chi connectivity index (χ1) is 14.2. The summed E-state index contributed by atoms with van der Waals surface area (Å²) in [5.41, 5.74) is 4.14. The van der Waals surface area contributed by atoms with Gasteiger partial charge in [0.15, 0.2) is 5.78 Å². The van der Waals surface area contributed by atoms with Crippen LogP contribution in [0.5, 0.6) is 0 Å². The SMILES string of the molecule is Cc1cc(C(=O)CN2CCN(C(=O)CCc3ccccc3)CC2)c(C)n1C(C)(C)C. The largest absolute Gasteiger partial charge is 0.343 e. The minimum absolute atomic E-state index is 0.0432. The fourth-order valence-electron chi connectivity index (χ4n) is 4.58.